The van der Waals surface area contributed by atoms with Crippen LogP contribution in [-0.2, 0) is 14.1 Å². The average molecular weight is 372 g/mol. The first kappa shape index (κ1) is 18.1. The van der Waals surface area contributed by atoms with E-state index in [1.165, 1.54) is 30.8 Å². The van der Waals surface area contributed by atoms with E-state index in [1.807, 2.05) is 31.4 Å². The molecule has 0 bridgehead atoms. The molecular formula is C18H20N4O3S. The molecule has 0 radical (unpaired) electrons. The SMILES string of the molecule is CC(C)C(NC(=O)c1ccc2c(=O)n(C)c(=O)n(C)c2n1)c1cccs1. The van der Waals surface area contributed by atoms with Gasteiger partial charge < -0.3 is 5.32 Å². The molecule has 0 aromatic carbocycles. The smallest absolute Gasteiger partial charge is 0.332 e. The Bertz CT molecular complexity index is 1080. The third-order valence-electron chi connectivity index (χ3n) is 4.34. The van der Waals surface area contributed by atoms with Crippen LogP contribution in [0.5, 0.6) is 0 Å². The second-order valence-electron chi connectivity index (χ2n) is 6.48. The van der Waals surface area contributed by atoms with Crippen molar-refractivity contribution in [1.82, 2.24) is 19.4 Å². The highest BCUT2D eigenvalue weighted by atomic mass is 32.1. The lowest BCUT2D eigenvalue weighted by Crippen LogP contribution is -2.38. The molecule has 0 fully saturated rings. The number of carbonyl (C=O) groups is 1. The molecule has 1 atom stereocenters. The fraction of sp³-hybridized carbons (Fsp3) is 0.333. The van der Waals surface area contributed by atoms with Crippen LogP contribution in [0.1, 0.15) is 35.3 Å². The Morgan fingerprint density at radius 2 is 1.88 bits per heavy atom. The molecule has 1 N–H and O–H groups in total. The van der Waals surface area contributed by atoms with Crippen LogP contribution in [0.15, 0.2) is 39.2 Å². The van der Waals surface area contributed by atoms with Gasteiger partial charge in [-0.2, -0.15) is 0 Å². The monoisotopic (exact) mass is 372 g/mol. The van der Waals surface area contributed by atoms with E-state index in [0.29, 0.717) is 5.39 Å². The number of thiophene rings is 1. The highest BCUT2D eigenvalue weighted by Crippen LogP contribution is 2.26. The lowest BCUT2D eigenvalue weighted by molar-refractivity contribution is 0.0921. The fourth-order valence-electron chi connectivity index (χ4n) is 2.83. The van der Waals surface area contributed by atoms with Crippen molar-refractivity contribution in [2.45, 2.75) is 19.9 Å². The summed E-state index contributed by atoms with van der Waals surface area (Å²) in [4.78, 5) is 42.4. The van der Waals surface area contributed by atoms with Gasteiger partial charge in [0.1, 0.15) is 11.3 Å². The highest BCUT2D eigenvalue weighted by molar-refractivity contribution is 7.10. The third kappa shape index (κ3) is 3.08. The number of amides is 1. The number of nitrogens with one attached hydrogen (secondary N) is 1. The van der Waals surface area contributed by atoms with Crippen LogP contribution in [-0.4, -0.2) is 20.0 Å². The van der Waals surface area contributed by atoms with E-state index in [2.05, 4.69) is 10.3 Å². The second kappa shape index (κ2) is 6.87. The number of nitrogens with zero attached hydrogens (tertiary/aromatic N) is 3. The maximum atomic E-state index is 12.7. The van der Waals surface area contributed by atoms with Gasteiger partial charge in [-0.05, 0) is 29.5 Å². The van der Waals surface area contributed by atoms with Crippen molar-refractivity contribution in [2.24, 2.45) is 20.0 Å². The van der Waals surface area contributed by atoms with Gasteiger partial charge in [0.25, 0.3) is 11.5 Å². The number of hydrogen-bond donors (Lipinski definition) is 1. The van der Waals surface area contributed by atoms with Crippen LogP contribution >= 0.6 is 11.3 Å². The summed E-state index contributed by atoms with van der Waals surface area (Å²) in [5.41, 5.74) is -0.543. The molecule has 3 aromatic rings. The summed E-state index contributed by atoms with van der Waals surface area (Å²) >= 11 is 1.58. The van der Waals surface area contributed by atoms with Crippen LogP contribution < -0.4 is 16.6 Å². The predicted molar refractivity (Wildman–Crippen MR) is 102 cm³/mol. The predicted octanol–water partition coefficient (Wildman–Crippen LogP) is 1.82. The number of pyridine rings is 1. The van der Waals surface area contributed by atoms with E-state index in [9.17, 15) is 14.4 Å². The van der Waals surface area contributed by atoms with Crippen LogP contribution in [0, 0.1) is 5.92 Å². The molecule has 136 valence electrons. The van der Waals surface area contributed by atoms with E-state index in [-0.39, 0.29) is 29.2 Å². The Morgan fingerprint density at radius 1 is 1.15 bits per heavy atom. The molecule has 8 heteroatoms. The zero-order valence-corrected chi connectivity index (χ0v) is 15.8. The quantitative estimate of drug-likeness (QED) is 0.757. The minimum atomic E-state index is -0.480. The summed E-state index contributed by atoms with van der Waals surface area (Å²) in [6, 6.07) is 6.84. The van der Waals surface area contributed by atoms with E-state index >= 15 is 0 Å². The molecule has 3 aromatic heterocycles. The standard InChI is InChI=1S/C18H20N4O3S/c1-10(2)14(13-6-5-9-26-13)20-16(23)12-8-7-11-15(19-12)21(3)18(25)22(4)17(11)24/h5-10,14H,1-4H3,(H,20,23). The van der Waals surface area contributed by atoms with Gasteiger partial charge in [-0.15, -0.1) is 11.3 Å². The van der Waals surface area contributed by atoms with Gasteiger partial charge in [0.05, 0.1) is 11.4 Å². The second-order valence-corrected chi connectivity index (χ2v) is 7.46. The molecule has 26 heavy (non-hydrogen) atoms. The molecule has 0 spiro atoms. The summed E-state index contributed by atoms with van der Waals surface area (Å²) < 4.78 is 2.29. The molecule has 3 heterocycles. The van der Waals surface area contributed by atoms with Crippen LogP contribution in [0.2, 0.25) is 0 Å². The molecule has 7 nitrogen and oxygen atoms in total. The van der Waals surface area contributed by atoms with Gasteiger partial charge in [0.15, 0.2) is 0 Å². The maximum absolute atomic E-state index is 12.7. The van der Waals surface area contributed by atoms with Gasteiger partial charge in [-0.3, -0.25) is 18.7 Å². The number of aryl methyl sites for hydroxylation is 1. The maximum Gasteiger partial charge on any atom is 0.332 e. The van der Waals surface area contributed by atoms with Crippen molar-refractivity contribution in [3.8, 4) is 0 Å². The molecule has 3 rings (SSSR count). The van der Waals surface area contributed by atoms with Crippen molar-refractivity contribution in [1.29, 1.82) is 0 Å². The van der Waals surface area contributed by atoms with Crippen molar-refractivity contribution < 1.29 is 4.79 Å². The van der Waals surface area contributed by atoms with Crippen molar-refractivity contribution in [3.63, 3.8) is 0 Å². The minimum Gasteiger partial charge on any atom is -0.343 e. The number of fused-ring (bicyclic) bond motifs is 1. The molecule has 0 aliphatic carbocycles. The normalized spacial score (nSPS) is 12.5. The largest absolute Gasteiger partial charge is 0.343 e. The van der Waals surface area contributed by atoms with Crippen LogP contribution in [0.3, 0.4) is 0 Å². The van der Waals surface area contributed by atoms with E-state index in [4.69, 9.17) is 0 Å². The fourth-order valence-corrected chi connectivity index (χ4v) is 3.78. The number of carbonyl (C=O) groups excluding carboxylic acids is 1. The highest BCUT2D eigenvalue weighted by Gasteiger charge is 2.21. The van der Waals surface area contributed by atoms with Gasteiger partial charge in [0.2, 0.25) is 0 Å². The Hall–Kier alpha value is -2.74. The van der Waals surface area contributed by atoms with Gasteiger partial charge >= 0.3 is 5.69 Å². The molecule has 1 amide bonds. The zero-order chi connectivity index (χ0) is 19.0. The zero-order valence-electron chi connectivity index (χ0n) is 15.0. The molecule has 0 saturated carbocycles. The number of rotatable bonds is 4. The molecule has 0 aliphatic rings. The molecule has 1 unspecified atom stereocenters. The van der Waals surface area contributed by atoms with Crippen molar-refractivity contribution >= 4 is 28.3 Å². The first-order chi connectivity index (χ1) is 12.3. The Balaban J connectivity index is 2.01. The molecule has 0 saturated heterocycles. The topological polar surface area (TPSA) is 86.0 Å². The van der Waals surface area contributed by atoms with E-state index in [1.54, 1.807) is 11.3 Å². The van der Waals surface area contributed by atoms with E-state index < -0.39 is 11.2 Å². The summed E-state index contributed by atoms with van der Waals surface area (Å²) in [7, 11) is 2.94. The first-order valence-electron chi connectivity index (χ1n) is 8.22. The summed E-state index contributed by atoms with van der Waals surface area (Å²) in [5.74, 6) is -0.137. The Morgan fingerprint density at radius 3 is 2.50 bits per heavy atom. The van der Waals surface area contributed by atoms with Crippen LogP contribution in [0.25, 0.3) is 11.0 Å². The molecule has 0 aliphatic heterocycles. The Labute approximate surface area is 153 Å². The number of aromatic nitrogens is 3. The van der Waals surface area contributed by atoms with Crippen LogP contribution in [0.4, 0.5) is 0 Å². The van der Waals surface area contributed by atoms with E-state index in [0.717, 1.165) is 9.44 Å². The van der Waals surface area contributed by atoms with Crippen molar-refractivity contribution in [2.75, 3.05) is 0 Å². The summed E-state index contributed by atoms with van der Waals surface area (Å²) in [6.07, 6.45) is 0. The van der Waals surface area contributed by atoms with Gasteiger partial charge in [-0.25, -0.2) is 9.78 Å². The number of hydrogen-bond acceptors (Lipinski definition) is 5. The lowest BCUT2D eigenvalue weighted by atomic mass is 10.0. The van der Waals surface area contributed by atoms with Gasteiger partial charge in [-0.1, -0.05) is 19.9 Å². The van der Waals surface area contributed by atoms with Crippen molar-refractivity contribution in [3.05, 3.63) is 61.1 Å². The summed E-state index contributed by atoms with van der Waals surface area (Å²) in [6.45, 7) is 4.07. The van der Waals surface area contributed by atoms with Gasteiger partial charge in [0, 0.05) is 19.0 Å². The first-order valence-corrected chi connectivity index (χ1v) is 9.10. The minimum absolute atomic E-state index is 0.132. The third-order valence-corrected chi connectivity index (χ3v) is 5.29. The summed E-state index contributed by atoms with van der Waals surface area (Å²) in [5, 5.41) is 5.26. The Kier molecular flexibility index (Phi) is 4.78. The lowest BCUT2D eigenvalue weighted by Gasteiger charge is -2.21. The molecular weight excluding hydrogens is 352 g/mol. The average Bonchev–Trinajstić information content (AvgIpc) is 3.15.